The van der Waals surface area contributed by atoms with Crippen molar-refractivity contribution in [3.8, 4) is 0 Å². The van der Waals surface area contributed by atoms with Gasteiger partial charge in [-0.15, -0.1) is 0 Å². The van der Waals surface area contributed by atoms with Gasteiger partial charge in [-0.2, -0.15) is 5.10 Å². The number of nitrogens with one attached hydrogen (secondary N) is 2. The Balaban J connectivity index is 2.15. The van der Waals surface area contributed by atoms with Crippen LogP contribution < -0.4 is 10.7 Å². The first-order chi connectivity index (χ1) is 11.0. The lowest BCUT2D eigenvalue weighted by Gasteiger charge is -2.06. The molecular formula is C15H19BrFN3O2S. The average molecular weight is 404 g/mol. The Morgan fingerprint density at radius 1 is 1.43 bits per heavy atom. The molecule has 126 valence electrons. The number of halogens is 2. The van der Waals surface area contributed by atoms with Crippen molar-refractivity contribution >= 4 is 45.4 Å². The normalized spacial score (nSPS) is 10.6. The molecule has 0 radical (unpaired) electrons. The first-order valence-corrected chi connectivity index (χ1v) is 8.32. The lowest BCUT2D eigenvalue weighted by atomic mass is 10.2. The van der Waals surface area contributed by atoms with Crippen molar-refractivity contribution in [3.05, 3.63) is 34.1 Å². The van der Waals surface area contributed by atoms with E-state index in [0.29, 0.717) is 22.6 Å². The minimum Gasteiger partial charge on any atom is -0.469 e. The maximum Gasteiger partial charge on any atom is 0.305 e. The third-order valence-electron chi connectivity index (χ3n) is 2.89. The summed E-state index contributed by atoms with van der Waals surface area (Å²) in [6, 6.07) is 4.59. The van der Waals surface area contributed by atoms with Gasteiger partial charge in [0.05, 0.1) is 17.8 Å². The number of thiocarbonyl (C=S) groups is 1. The molecule has 5 nitrogen and oxygen atoms in total. The molecule has 0 fully saturated rings. The van der Waals surface area contributed by atoms with Gasteiger partial charge in [0.15, 0.2) is 5.11 Å². The minimum atomic E-state index is -0.320. The second-order valence-corrected chi connectivity index (χ2v) is 5.95. The van der Waals surface area contributed by atoms with Gasteiger partial charge in [-0.25, -0.2) is 4.39 Å². The average Bonchev–Trinajstić information content (AvgIpc) is 2.53. The molecule has 0 spiro atoms. The Morgan fingerprint density at radius 2 is 2.22 bits per heavy atom. The maximum absolute atomic E-state index is 13.1. The molecule has 0 aliphatic heterocycles. The van der Waals surface area contributed by atoms with Crippen LogP contribution in [0.25, 0.3) is 0 Å². The molecule has 0 heterocycles. The molecule has 0 saturated carbocycles. The highest BCUT2D eigenvalue weighted by molar-refractivity contribution is 9.10. The summed E-state index contributed by atoms with van der Waals surface area (Å²) < 4.78 is 18.0. The summed E-state index contributed by atoms with van der Waals surface area (Å²) in [6.45, 7) is 0.699. The molecule has 1 aromatic rings. The molecule has 1 rings (SSSR count). The van der Waals surface area contributed by atoms with Crippen LogP contribution in [-0.2, 0) is 9.53 Å². The number of methoxy groups -OCH3 is 1. The van der Waals surface area contributed by atoms with E-state index in [9.17, 15) is 9.18 Å². The van der Waals surface area contributed by atoms with Crippen molar-refractivity contribution < 1.29 is 13.9 Å². The summed E-state index contributed by atoms with van der Waals surface area (Å²) in [6.07, 6.45) is 4.60. The Bertz CT molecular complexity index is 570. The summed E-state index contributed by atoms with van der Waals surface area (Å²) in [5.41, 5.74) is 3.44. The van der Waals surface area contributed by atoms with Gasteiger partial charge in [0, 0.05) is 13.0 Å². The van der Waals surface area contributed by atoms with Gasteiger partial charge in [0.1, 0.15) is 5.82 Å². The number of hydrogen-bond donors (Lipinski definition) is 2. The molecule has 8 heteroatoms. The number of unbranched alkanes of at least 4 members (excludes halogenated alkanes) is 2. The second-order valence-electron chi connectivity index (χ2n) is 4.69. The molecule has 0 aromatic heterocycles. The maximum atomic E-state index is 13.1. The number of carbonyl (C=O) groups excluding carboxylic acids is 1. The molecule has 23 heavy (non-hydrogen) atoms. The SMILES string of the molecule is COC(=O)CCCCCNC(=S)N/N=C\c1ccc(F)c(Br)c1. The standard InChI is InChI=1S/C15H19BrFN3O2S/c1-22-14(21)5-3-2-4-8-18-15(23)20-19-10-11-6-7-13(17)12(16)9-11/h6-7,9-10H,2-5,8H2,1H3,(H2,18,20,23)/b19-10-. The first kappa shape index (κ1) is 19.5. The summed E-state index contributed by atoms with van der Waals surface area (Å²) in [5, 5.41) is 7.40. The second kappa shape index (κ2) is 11.1. The van der Waals surface area contributed by atoms with Gasteiger partial charge in [-0.1, -0.05) is 12.5 Å². The highest BCUT2D eigenvalue weighted by Crippen LogP contribution is 2.15. The van der Waals surface area contributed by atoms with Crippen molar-refractivity contribution in [1.29, 1.82) is 0 Å². The quantitative estimate of drug-likeness (QED) is 0.229. The van der Waals surface area contributed by atoms with Gasteiger partial charge in [0.25, 0.3) is 0 Å². The summed E-state index contributed by atoms with van der Waals surface area (Å²) in [5.74, 6) is -0.503. The fourth-order valence-corrected chi connectivity index (χ4v) is 2.22. The van der Waals surface area contributed by atoms with Gasteiger partial charge in [-0.05, 0) is 58.7 Å². The Labute approximate surface area is 148 Å². The molecule has 0 unspecified atom stereocenters. The lowest BCUT2D eigenvalue weighted by Crippen LogP contribution is -2.32. The van der Waals surface area contributed by atoms with Crippen LogP contribution in [0.1, 0.15) is 31.2 Å². The van der Waals surface area contributed by atoms with Crippen molar-refractivity contribution in [1.82, 2.24) is 10.7 Å². The summed E-state index contributed by atoms with van der Waals surface area (Å²) in [4.78, 5) is 10.9. The smallest absolute Gasteiger partial charge is 0.305 e. The molecule has 0 amide bonds. The molecule has 0 aliphatic rings. The van der Waals surface area contributed by atoms with Crippen LogP contribution in [0, 0.1) is 5.82 Å². The highest BCUT2D eigenvalue weighted by Gasteiger charge is 2.00. The Hall–Kier alpha value is -1.54. The fourth-order valence-electron chi connectivity index (χ4n) is 1.67. The molecule has 0 bridgehead atoms. The topological polar surface area (TPSA) is 62.7 Å². The molecule has 0 aliphatic carbocycles. The highest BCUT2D eigenvalue weighted by atomic mass is 79.9. The monoisotopic (exact) mass is 403 g/mol. The van der Waals surface area contributed by atoms with Crippen LogP contribution in [0.2, 0.25) is 0 Å². The third-order valence-corrected chi connectivity index (χ3v) is 3.74. The predicted octanol–water partition coefficient (Wildman–Crippen LogP) is 3.12. The zero-order valence-corrected chi connectivity index (χ0v) is 15.2. The zero-order chi connectivity index (χ0) is 17.1. The van der Waals surface area contributed by atoms with Crippen LogP contribution in [-0.4, -0.2) is 31.0 Å². The Morgan fingerprint density at radius 3 is 2.91 bits per heavy atom. The van der Waals surface area contributed by atoms with E-state index in [0.717, 1.165) is 24.8 Å². The molecule has 0 saturated heterocycles. The van der Waals surface area contributed by atoms with Gasteiger partial charge >= 0.3 is 5.97 Å². The van der Waals surface area contributed by atoms with E-state index in [1.807, 2.05) is 0 Å². The van der Waals surface area contributed by atoms with E-state index in [4.69, 9.17) is 12.2 Å². The summed E-state index contributed by atoms with van der Waals surface area (Å²) >= 11 is 8.19. The van der Waals surface area contributed by atoms with Crippen LogP contribution in [0.4, 0.5) is 4.39 Å². The van der Waals surface area contributed by atoms with Crippen molar-refractivity contribution in [2.45, 2.75) is 25.7 Å². The number of benzene rings is 1. The predicted molar refractivity (Wildman–Crippen MR) is 95.9 cm³/mol. The number of hydrogen-bond acceptors (Lipinski definition) is 4. The van der Waals surface area contributed by atoms with Crippen molar-refractivity contribution in [3.63, 3.8) is 0 Å². The van der Waals surface area contributed by atoms with E-state index in [1.54, 1.807) is 18.3 Å². The molecular weight excluding hydrogens is 385 g/mol. The fraction of sp³-hybridized carbons (Fsp3) is 0.400. The number of nitrogens with zero attached hydrogens (tertiary/aromatic N) is 1. The van der Waals surface area contributed by atoms with Gasteiger partial charge in [-0.3, -0.25) is 10.2 Å². The number of esters is 1. The van der Waals surface area contributed by atoms with E-state index in [2.05, 4.69) is 36.5 Å². The molecule has 2 N–H and O–H groups in total. The van der Waals surface area contributed by atoms with E-state index in [-0.39, 0.29) is 11.8 Å². The van der Waals surface area contributed by atoms with Crippen LogP contribution >= 0.6 is 28.1 Å². The van der Waals surface area contributed by atoms with Crippen LogP contribution in [0.5, 0.6) is 0 Å². The van der Waals surface area contributed by atoms with E-state index >= 15 is 0 Å². The van der Waals surface area contributed by atoms with Gasteiger partial charge < -0.3 is 10.1 Å². The zero-order valence-electron chi connectivity index (χ0n) is 12.8. The van der Waals surface area contributed by atoms with Crippen LogP contribution in [0.15, 0.2) is 27.8 Å². The van der Waals surface area contributed by atoms with Crippen LogP contribution in [0.3, 0.4) is 0 Å². The number of ether oxygens (including phenoxy) is 1. The van der Waals surface area contributed by atoms with Crippen molar-refractivity contribution in [2.24, 2.45) is 5.10 Å². The van der Waals surface area contributed by atoms with E-state index < -0.39 is 0 Å². The number of carbonyl (C=O) groups is 1. The van der Waals surface area contributed by atoms with Gasteiger partial charge in [0.2, 0.25) is 0 Å². The largest absolute Gasteiger partial charge is 0.469 e. The summed E-state index contributed by atoms with van der Waals surface area (Å²) in [7, 11) is 1.39. The minimum absolute atomic E-state index is 0.183. The lowest BCUT2D eigenvalue weighted by molar-refractivity contribution is -0.140. The molecule has 0 atom stereocenters. The van der Waals surface area contributed by atoms with Crippen molar-refractivity contribution in [2.75, 3.05) is 13.7 Å². The third kappa shape index (κ3) is 8.61. The Kier molecular flexibility index (Phi) is 9.39. The van der Waals surface area contributed by atoms with E-state index in [1.165, 1.54) is 13.2 Å². The number of rotatable bonds is 8. The number of hydrazone groups is 1. The molecule has 1 aromatic carbocycles. The first-order valence-electron chi connectivity index (χ1n) is 7.11.